The van der Waals surface area contributed by atoms with Crippen molar-refractivity contribution in [3.63, 3.8) is 0 Å². The largest absolute Gasteiger partial charge is 0.316 e. The van der Waals surface area contributed by atoms with Crippen molar-refractivity contribution in [3.05, 3.63) is 0 Å². The van der Waals surface area contributed by atoms with Gasteiger partial charge in [-0.1, -0.05) is 0 Å². The average Bonchev–Trinajstić information content (AvgIpc) is 0.918. The molecule has 0 fully saturated rings. The van der Waals surface area contributed by atoms with Crippen molar-refractivity contribution in [2.75, 3.05) is 0 Å². The summed E-state index contributed by atoms with van der Waals surface area (Å²) < 4.78 is 0. The molecular formula is CH6KMgNO. The van der Waals surface area contributed by atoms with Crippen molar-refractivity contribution >= 4 is 80.8 Å². The van der Waals surface area contributed by atoms with Gasteiger partial charge in [-0.3, -0.25) is 4.79 Å². The van der Waals surface area contributed by atoms with E-state index in [1.54, 1.807) is 0 Å². The van der Waals surface area contributed by atoms with E-state index < -0.39 is 0 Å². The number of rotatable bonds is 0. The molecule has 4 heteroatoms. The van der Waals surface area contributed by atoms with Gasteiger partial charge in [0.1, 0.15) is 0 Å². The molecule has 0 aliphatic carbocycles. The molecule has 0 rings (SSSR count). The van der Waals surface area contributed by atoms with Gasteiger partial charge in [0.05, 0.1) is 0 Å². The molecule has 0 saturated heterocycles. The summed E-state index contributed by atoms with van der Waals surface area (Å²) in [5, 5.41) is 0. The molecule has 5 heavy (non-hydrogen) atoms. The summed E-state index contributed by atoms with van der Waals surface area (Å²) in [6.45, 7) is 0. The van der Waals surface area contributed by atoms with Crippen molar-refractivity contribution in [2.45, 2.75) is 0 Å². The van der Waals surface area contributed by atoms with Crippen molar-refractivity contribution in [1.29, 1.82) is 0 Å². The van der Waals surface area contributed by atoms with E-state index in [9.17, 15) is 0 Å². The van der Waals surface area contributed by atoms with Crippen LogP contribution in [0.3, 0.4) is 0 Å². The Kier molecular flexibility index (Phi) is 53.4. The summed E-state index contributed by atoms with van der Waals surface area (Å²) in [6, 6.07) is 0. The molecular weight excluding hydrogens is 105 g/mol. The second-order valence-corrected chi connectivity index (χ2v) is 0.136. The predicted octanol–water partition coefficient (Wildman–Crippen LogP) is -2.46. The maximum Gasteiger partial charge on any atom is 0.316 e. The molecule has 0 bridgehead atoms. The fraction of sp³-hybridized carbons (Fsp3) is 0. The van der Waals surface area contributed by atoms with Crippen LogP contribution in [-0.2, 0) is 4.79 Å². The van der Waals surface area contributed by atoms with Gasteiger partial charge >= 0.3 is 74.4 Å². The first-order valence-corrected chi connectivity index (χ1v) is 0.569. The Balaban J connectivity index is -0.0000000200. The van der Waals surface area contributed by atoms with Gasteiger partial charge < -0.3 is 5.73 Å². The van der Waals surface area contributed by atoms with Crippen LogP contribution in [0.2, 0.25) is 0 Å². The van der Waals surface area contributed by atoms with Crippen molar-refractivity contribution in [2.24, 2.45) is 5.73 Å². The van der Waals surface area contributed by atoms with Crippen LogP contribution in [0.4, 0.5) is 0 Å². The zero-order valence-corrected chi connectivity index (χ0v) is 1.56. The first-order valence-electron chi connectivity index (χ1n) is 0.569. The summed E-state index contributed by atoms with van der Waals surface area (Å²) in [6.07, 6.45) is 0.250. The molecule has 0 aromatic rings. The molecule has 0 unspecified atom stereocenters. The van der Waals surface area contributed by atoms with E-state index in [1.807, 2.05) is 0 Å². The number of primary amides is 1. The molecule has 0 atom stereocenters. The monoisotopic (exact) mass is 111 g/mol. The van der Waals surface area contributed by atoms with Gasteiger partial charge in [0.15, 0.2) is 0 Å². The SMILES string of the molecule is NC=O.[KH].[MgH2]. The van der Waals surface area contributed by atoms with Gasteiger partial charge in [0, 0.05) is 0 Å². The van der Waals surface area contributed by atoms with Crippen LogP contribution in [0.5, 0.6) is 0 Å². The van der Waals surface area contributed by atoms with Gasteiger partial charge in [0.2, 0.25) is 6.41 Å². The molecule has 2 N–H and O–H groups in total. The Bertz CT molecular complexity index is 19.1. The Labute approximate surface area is 89.4 Å². The smallest absolute Gasteiger partial charge is 0.316 e. The Morgan fingerprint density at radius 2 is 1.60 bits per heavy atom. The first kappa shape index (κ1) is 15.8. The Hall–Kier alpha value is 1.87. The summed E-state index contributed by atoms with van der Waals surface area (Å²) in [5.41, 5.74) is 4.17. The first-order chi connectivity index (χ1) is 1.41. The zero-order chi connectivity index (χ0) is 2.71. The fourth-order valence-corrected chi connectivity index (χ4v) is 0. The summed E-state index contributed by atoms with van der Waals surface area (Å²) in [5.74, 6) is 0. The van der Waals surface area contributed by atoms with Crippen LogP contribution in [0.1, 0.15) is 0 Å². The minimum absolute atomic E-state index is 0. The quantitative estimate of drug-likeness (QED) is 0.273. The van der Waals surface area contributed by atoms with Crippen LogP contribution in [0.15, 0.2) is 0 Å². The molecule has 0 radical (unpaired) electrons. The number of hydrogen-bond acceptors (Lipinski definition) is 1. The summed E-state index contributed by atoms with van der Waals surface area (Å²) in [7, 11) is 0. The summed E-state index contributed by atoms with van der Waals surface area (Å²) in [4.78, 5) is 8.58. The molecule has 0 aromatic heterocycles. The number of carbonyl (C=O) groups excluding carboxylic acids is 1. The second kappa shape index (κ2) is 16.9. The molecule has 2 nitrogen and oxygen atoms in total. The number of amides is 1. The predicted molar refractivity (Wildman–Crippen MR) is 25.9 cm³/mol. The van der Waals surface area contributed by atoms with Crippen molar-refractivity contribution < 1.29 is 4.79 Å². The van der Waals surface area contributed by atoms with Crippen molar-refractivity contribution in [3.8, 4) is 0 Å². The second-order valence-electron chi connectivity index (χ2n) is 0.136. The third kappa shape index (κ3) is 25.1. The number of hydrogen-bond donors (Lipinski definition) is 1. The normalized spacial score (nSPS) is 2.40. The molecule has 0 spiro atoms. The van der Waals surface area contributed by atoms with Crippen LogP contribution < -0.4 is 5.73 Å². The van der Waals surface area contributed by atoms with Gasteiger partial charge in [-0.15, -0.1) is 0 Å². The van der Waals surface area contributed by atoms with Crippen LogP contribution in [0.25, 0.3) is 0 Å². The molecule has 24 valence electrons. The van der Waals surface area contributed by atoms with Crippen LogP contribution in [0, 0.1) is 0 Å². The third-order valence-electron chi connectivity index (χ3n) is 0. The van der Waals surface area contributed by atoms with E-state index in [0.29, 0.717) is 0 Å². The van der Waals surface area contributed by atoms with E-state index >= 15 is 0 Å². The standard InChI is InChI=1S/CH3NO.K.Mg.3H/c2-1-3;;;;;/h1H,(H2,2,3);;;;;. The minimum atomic E-state index is 0. The Morgan fingerprint density at radius 1 is 1.60 bits per heavy atom. The third-order valence-corrected chi connectivity index (χ3v) is 0. The van der Waals surface area contributed by atoms with E-state index in [1.165, 1.54) is 0 Å². The van der Waals surface area contributed by atoms with Gasteiger partial charge in [-0.25, -0.2) is 0 Å². The van der Waals surface area contributed by atoms with E-state index in [-0.39, 0.29) is 80.8 Å². The maximum atomic E-state index is 8.58. The van der Waals surface area contributed by atoms with Gasteiger partial charge in [0.25, 0.3) is 0 Å². The van der Waals surface area contributed by atoms with Crippen molar-refractivity contribution in [1.82, 2.24) is 0 Å². The maximum absolute atomic E-state index is 8.58. The number of carbonyl (C=O) groups is 1. The zero-order valence-electron chi connectivity index (χ0n) is 1.56. The van der Waals surface area contributed by atoms with E-state index in [2.05, 4.69) is 5.73 Å². The molecule has 1 amide bonds. The topological polar surface area (TPSA) is 43.1 Å². The molecule has 0 aliphatic rings. The van der Waals surface area contributed by atoms with Gasteiger partial charge in [-0.05, 0) is 0 Å². The summed E-state index contributed by atoms with van der Waals surface area (Å²) >= 11 is 0. The molecule has 0 aromatic carbocycles. The average molecular weight is 111 g/mol. The minimum Gasteiger partial charge on any atom is 0.316 e. The number of nitrogens with two attached hydrogens (primary N) is 1. The Morgan fingerprint density at radius 3 is 1.60 bits per heavy atom. The van der Waals surface area contributed by atoms with E-state index in [0.717, 1.165) is 0 Å². The molecule has 0 heterocycles. The molecule has 0 aliphatic heterocycles. The molecule has 0 saturated carbocycles. The van der Waals surface area contributed by atoms with Crippen LogP contribution in [-0.4, -0.2) is 80.8 Å². The van der Waals surface area contributed by atoms with Gasteiger partial charge in [-0.2, -0.15) is 0 Å². The fourth-order valence-electron chi connectivity index (χ4n) is 0. The van der Waals surface area contributed by atoms with E-state index in [4.69, 9.17) is 4.79 Å². The van der Waals surface area contributed by atoms with Crippen LogP contribution >= 0.6 is 0 Å².